The van der Waals surface area contributed by atoms with Crippen molar-refractivity contribution in [2.75, 3.05) is 24.6 Å². The lowest BCUT2D eigenvalue weighted by Crippen LogP contribution is -2.44. The van der Waals surface area contributed by atoms with Crippen LogP contribution < -0.4 is 10.2 Å². The fourth-order valence-electron chi connectivity index (χ4n) is 4.49. The lowest BCUT2D eigenvalue weighted by atomic mass is 10.1. The van der Waals surface area contributed by atoms with E-state index in [2.05, 4.69) is 43.3 Å². The minimum Gasteiger partial charge on any atom is -0.465 e. The number of hydrogen-bond donors (Lipinski definition) is 2. The molecule has 0 aliphatic carbocycles. The number of ether oxygens (including phenoxy) is 1. The Balaban J connectivity index is 1.46. The zero-order valence-corrected chi connectivity index (χ0v) is 19.2. The first-order valence-corrected chi connectivity index (χ1v) is 11.7. The van der Waals surface area contributed by atoms with E-state index in [-0.39, 0.29) is 12.3 Å². The molecule has 10 heteroatoms. The zero-order chi connectivity index (χ0) is 22.1. The fraction of sp³-hybridized carbons (Fsp3) is 0.455. The molecule has 1 amide bonds. The Bertz CT molecular complexity index is 1120. The second-order valence-electron chi connectivity index (χ2n) is 8.25. The lowest BCUT2D eigenvalue weighted by Gasteiger charge is -2.32. The summed E-state index contributed by atoms with van der Waals surface area (Å²) in [5.41, 5.74) is 2.51. The van der Waals surface area contributed by atoms with E-state index < -0.39 is 6.09 Å². The molecular weight excluding hydrogens is 476 g/mol. The van der Waals surface area contributed by atoms with Crippen LogP contribution in [0.4, 0.5) is 10.6 Å². The quantitative estimate of drug-likeness (QED) is 0.552. The number of hydrogen-bond acceptors (Lipinski definition) is 6. The maximum Gasteiger partial charge on any atom is 0.404 e. The van der Waals surface area contributed by atoms with Crippen LogP contribution in [-0.2, 0) is 4.74 Å². The average Bonchev–Trinajstić information content (AvgIpc) is 3.18. The van der Waals surface area contributed by atoms with Crippen molar-refractivity contribution in [3.05, 3.63) is 35.1 Å². The summed E-state index contributed by atoms with van der Waals surface area (Å²) in [5, 5.41) is 17.5. The van der Waals surface area contributed by atoms with Gasteiger partial charge in [0.05, 0.1) is 17.9 Å². The van der Waals surface area contributed by atoms with Gasteiger partial charge in [0.25, 0.3) is 0 Å². The number of nitrogens with zero attached hydrogens (tertiary/aromatic N) is 5. The van der Waals surface area contributed by atoms with Gasteiger partial charge in [0.15, 0.2) is 6.23 Å². The van der Waals surface area contributed by atoms with E-state index in [4.69, 9.17) is 19.9 Å². The number of carbonyl (C=O) groups is 1. The number of aromatic nitrogens is 4. The summed E-state index contributed by atoms with van der Waals surface area (Å²) >= 11 is 3.58. The normalized spacial score (nSPS) is 19.9. The van der Waals surface area contributed by atoms with Crippen molar-refractivity contribution in [3.8, 4) is 11.4 Å². The summed E-state index contributed by atoms with van der Waals surface area (Å²) in [7, 11) is 0. The van der Waals surface area contributed by atoms with Crippen LogP contribution in [-0.4, -0.2) is 56.7 Å². The van der Waals surface area contributed by atoms with E-state index in [9.17, 15) is 4.79 Å². The average molecular weight is 501 g/mol. The van der Waals surface area contributed by atoms with Gasteiger partial charge >= 0.3 is 6.09 Å². The van der Waals surface area contributed by atoms with E-state index in [0.717, 1.165) is 78.7 Å². The summed E-state index contributed by atoms with van der Waals surface area (Å²) < 4.78 is 8.96. The molecule has 0 bridgehead atoms. The van der Waals surface area contributed by atoms with Crippen molar-refractivity contribution in [1.29, 1.82) is 0 Å². The van der Waals surface area contributed by atoms with Crippen LogP contribution in [0.5, 0.6) is 0 Å². The second-order valence-corrected chi connectivity index (χ2v) is 9.16. The molecular formula is C22H25BrN6O3. The van der Waals surface area contributed by atoms with E-state index in [1.165, 1.54) is 0 Å². The van der Waals surface area contributed by atoms with Gasteiger partial charge in [-0.1, -0.05) is 15.9 Å². The van der Waals surface area contributed by atoms with Crippen LogP contribution in [0.15, 0.2) is 35.1 Å². The standard InChI is InChI=1S/C22H25BrN6O3/c23-14-4-5-18-16(11-14)21(27-29(18)20-3-1-2-10-32-20)17-12-24-13-19(26-17)28-8-6-15(7-9-28)25-22(30)31/h4-5,11-13,15,20,25H,1-3,6-10H2,(H,30,31). The highest BCUT2D eigenvalue weighted by atomic mass is 79.9. The minimum absolute atomic E-state index is 0.0209. The smallest absolute Gasteiger partial charge is 0.404 e. The molecule has 2 N–H and O–H groups in total. The first-order chi connectivity index (χ1) is 15.6. The minimum atomic E-state index is -0.971. The van der Waals surface area contributed by atoms with Gasteiger partial charge in [0.1, 0.15) is 17.2 Å². The number of carboxylic acid groups (broad SMARTS) is 1. The van der Waals surface area contributed by atoms with Crippen LogP contribution in [0, 0.1) is 0 Å². The molecule has 9 nitrogen and oxygen atoms in total. The lowest BCUT2D eigenvalue weighted by molar-refractivity contribution is -0.0365. The second kappa shape index (κ2) is 9.03. The Kier molecular flexibility index (Phi) is 5.97. The highest BCUT2D eigenvalue weighted by Crippen LogP contribution is 2.34. The molecule has 168 valence electrons. The van der Waals surface area contributed by atoms with Gasteiger partial charge in [0.2, 0.25) is 0 Å². The van der Waals surface area contributed by atoms with Crippen molar-refractivity contribution in [2.45, 2.75) is 44.4 Å². The van der Waals surface area contributed by atoms with Crippen LogP contribution >= 0.6 is 15.9 Å². The van der Waals surface area contributed by atoms with Crippen LogP contribution in [0.25, 0.3) is 22.3 Å². The number of piperidine rings is 1. The molecule has 1 unspecified atom stereocenters. The Morgan fingerprint density at radius 3 is 2.78 bits per heavy atom. The van der Waals surface area contributed by atoms with Crippen molar-refractivity contribution < 1.29 is 14.6 Å². The molecule has 0 radical (unpaired) electrons. The van der Waals surface area contributed by atoms with E-state index >= 15 is 0 Å². The number of nitrogens with one attached hydrogen (secondary N) is 1. The van der Waals surface area contributed by atoms with Crippen molar-refractivity contribution in [1.82, 2.24) is 25.1 Å². The molecule has 0 spiro atoms. The number of rotatable bonds is 4. The number of amides is 1. The molecule has 3 aromatic rings. The molecule has 2 aliphatic rings. The Labute approximate surface area is 193 Å². The summed E-state index contributed by atoms with van der Waals surface area (Å²) in [5.74, 6) is 0.780. The summed E-state index contributed by atoms with van der Waals surface area (Å²) in [4.78, 5) is 22.4. The van der Waals surface area contributed by atoms with E-state index in [1.54, 1.807) is 12.4 Å². The van der Waals surface area contributed by atoms with Gasteiger partial charge in [-0.05, 0) is 50.3 Å². The third-order valence-electron chi connectivity index (χ3n) is 6.11. The zero-order valence-electron chi connectivity index (χ0n) is 17.6. The third-order valence-corrected chi connectivity index (χ3v) is 6.60. The van der Waals surface area contributed by atoms with Crippen LogP contribution in [0.3, 0.4) is 0 Å². The molecule has 2 aromatic heterocycles. The molecule has 5 rings (SSSR count). The molecule has 0 saturated carbocycles. The van der Waals surface area contributed by atoms with E-state index in [1.807, 2.05) is 10.7 Å². The highest BCUT2D eigenvalue weighted by molar-refractivity contribution is 9.10. The first-order valence-electron chi connectivity index (χ1n) is 10.9. The molecule has 1 aromatic carbocycles. The van der Waals surface area contributed by atoms with Gasteiger partial charge in [-0.15, -0.1) is 0 Å². The highest BCUT2D eigenvalue weighted by Gasteiger charge is 2.24. The SMILES string of the molecule is O=C(O)NC1CCN(c2cncc(-c3nn(C4CCCCO4)c4ccc(Br)cc34)n2)CC1. The Morgan fingerprint density at radius 2 is 2.03 bits per heavy atom. The Morgan fingerprint density at radius 1 is 1.19 bits per heavy atom. The summed E-state index contributed by atoms with van der Waals surface area (Å²) in [6.45, 7) is 2.19. The summed E-state index contributed by atoms with van der Waals surface area (Å²) in [6, 6.07) is 6.12. The van der Waals surface area contributed by atoms with Gasteiger partial charge in [0, 0.05) is 35.6 Å². The predicted molar refractivity (Wildman–Crippen MR) is 124 cm³/mol. The van der Waals surface area contributed by atoms with E-state index in [0.29, 0.717) is 5.69 Å². The fourth-order valence-corrected chi connectivity index (χ4v) is 4.85. The molecule has 32 heavy (non-hydrogen) atoms. The molecule has 4 heterocycles. The maximum absolute atomic E-state index is 10.9. The number of halogens is 1. The van der Waals surface area contributed by atoms with Crippen molar-refractivity contribution in [2.24, 2.45) is 0 Å². The predicted octanol–water partition coefficient (Wildman–Crippen LogP) is 4.19. The van der Waals surface area contributed by atoms with Gasteiger partial charge in [-0.25, -0.2) is 14.5 Å². The van der Waals surface area contributed by atoms with Gasteiger partial charge in [-0.3, -0.25) is 4.98 Å². The molecule has 2 aliphatic heterocycles. The van der Waals surface area contributed by atoms with Crippen LogP contribution in [0.1, 0.15) is 38.3 Å². The monoisotopic (exact) mass is 500 g/mol. The summed E-state index contributed by atoms with van der Waals surface area (Å²) in [6.07, 6.45) is 7.09. The van der Waals surface area contributed by atoms with Crippen molar-refractivity contribution >= 4 is 38.7 Å². The number of benzene rings is 1. The number of fused-ring (bicyclic) bond motifs is 1. The largest absolute Gasteiger partial charge is 0.465 e. The Hall–Kier alpha value is -2.72. The number of anilines is 1. The van der Waals surface area contributed by atoms with Gasteiger partial charge < -0.3 is 20.1 Å². The molecule has 2 saturated heterocycles. The maximum atomic E-state index is 10.9. The molecule has 1 atom stereocenters. The molecule has 2 fully saturated rings. The first kappa shape index (κ1) is 21.1. The third kappa shape index (κ3) is 4.29. The topological polar surface area (TPSA) is 105 Å². The van der Waals surface area contributed by atoms with Gasteiger partial charge in [-0.2, -0.15) is 5.10 Å². The van der Waals surface area contributed by atoms with Crippen LogP contribution in [0.2, 0.25) is 0 Å². The van der Waals surface area contributed by atoms with Crippen molar-refractivity contribution in [3.63, 3.8) is 0 Å².